The Labute approximate surface area is 130 Å². The summed E-state index contributed by atoms with van der Waals surface area (Å²) in [5, 5.41) is 13.8. The first-order chi connectivity index (χ1) is 10.2. The molecule has 2 aromatic rings. The van der Waals surface area contributed by atoms with Crippen LogP contribution in [0.1, 0.15) is 12.5 Å². The number of aliphatic hydroxyl groups excluding tert-OH is 1. The van der Waals surface area contributed by atoms with Crippen molar-refractivity contribution in [3.8, 4) is 5.75 Å². The highest BCUT2D eigenvalue weighted by Gasteiger charge is 2.05. The molecule has 0 radical (unpaired) electrons. The number of aliphatic hydroxyl groups is 1. The van der Waals surface area contributed by atoms with E-state index in [0.717, 1.165) is 12.1 Å². The summed E-state index contributed by atoms with van der Waals surface area (Å²) < 4.78 is 5.50. The molecule has 2 N–H and O–H groups in total. The summed E-state index contributed by atoms with van der Waals surface area (Å²) in [6, 6.07) is 15.3. The van der Waals surface area contributed by atoms with E-state index < -0.39 is 6.10 Å². The second kappa shape index (κ2) is 7.91. The molecular formula is C17H20ClNO2. The molecule has 0 aliphatic heterocycles. The molecule has 0 aliphatic carbocycles. The molecule has 0 spiro atoms. The van der Waals surface area contributed by atoms with Gasteiger partial charge in [-0.2, -0.15) is 0 Å². The van der Waals surface area contributed by atoms with Crippen molar-refractivity contribution in [2.75, 3.05) is 18.5 Å². The maximum Gasteiger partial charge on any atom is 0.119 e. The van der Waals surface area contributed by atoms with Crippen LogP contribution in [0.15, 0.2) is 48.5 Å². The van der Waals surface area contributed by atoms with Crippen LogP contribution in [0.5, 0.6) is 5.75 Å². The Kier molecular flexibility index (Phi) is 5.90. The Morgan fingerprint density at radius 2 is 1.76 bits per heavy atom. The van der Waals surface area contributed by atoms with Crippen LogP contribution < -0.4 is 10.1 Å². The number of nitrogens with one attached hydrogen (secondary N) is 1. The van der Waals surface area contributed by atoms with E-state index in [1.165, 1.54) is 5.56 Å². The summed E-state index contributed by atoms with van der Waals surface area (Å²) in [4.78, 5) is 0. The number of halogens is 1. The predicted octanol–water partition coefficient (Wildman–Crippen LogP) is 3.75. The number of ether oxygens (including phenoxy) is 1. The lowest BCUT2D eigenvalue weighted by Crippen LogP contribution is -2.26. The van der Waals surface area contributed by atoms with E-state index in [-0.39, 0.29) is 6.61 Å². The first-order valence-corrected chi connectivity index (χ1v) is 7.44. The van der Waals surface area contributed by atoms with Gasteiger partial charge in [-0.25, -0.2) is 0 Å². The molecule has 3 nitrogen and oxygen atoms in total. The van der Waals surface area contributed by atoms with Crippen molar-refractivity contribution in [1.29, 1.82) is 0 Å². The van der Waals surface area contributed by atoms with Crippen molar-refractivity contribution in [1.82, 2.24) is 0 Å². The van der Waals surface area contributed by atoms with Gasteiger partial charge in [0, 0.05) is 17.3 Å². The van der Waals surface area contributed by atoms with Gasteiger partial charge in [-0.1, -0.05) is 30.7 Å². The van der Waals surface area contributed by atoms with Gasteiger partial charge in [0.25, 0.3) is 0 Å². The molecule has 112 valence electrons. The molecule has 0 aromatic heterocycles. The van der Waals surface area contributed by atoms with Gasteiger partial charge in [0.2, 0.25) is 0 Å². The van der Waals surface area contributed by atoms with Crippen LogP contribution in [0.4, 0.5) is 5.69 Å². The predicted molar refractivity (Wildman–Crippen MR) is 87.3 cm³/mol. The van der Waals surface area contributed by atoms with Gasteiger partial charge in [0.05, 0.1) is 0 Å². The zero-order chi connectivity index (χ0) is 15.1. The number of hydrogen-bond acceptors (Lipinski definition) is 3. The van der Waals surface area contributed by atoms with Crippen LogP contribution in [0.2, 0.25) is 5.02 Å². The average Bonchev–Trinajstić information content (AvgIpc) is 2.53. The molecule has 4 heteroatoms. The fourth-order valence-corrected chi connectivity index (χ4v) is 2.00. The Morgan fingerprint density at radius 1 is 1.10 bits per heavy atom. The van der Waals surface area contributed by atoms with E-state index >= 15 is 0 Å². The van der Waals surface area contributed by atoms with Gasteiger partial charge in [0.1, 0.15) is 18.5 Å². The van der Waals surface area contributed by atoms with Crippen molar-refractivity contribution >= 4 is 17.3 Å². The smallest absolute Gasteiger partial charge is 0.119 e. The van der Waals surface area contributed by atoms with Crippen molar-refractivity contribution in [2.45, 2.75) is 19.4 Å². The lowest BCUT2D eigenvalue weighted by Gasteiger charge is -2.14. The van der Waals surface area contributed by atoms with E-state index in [1.54, 1.807) is 24.3 Å². The Balaban J connectivity index is 1.73. The third-order valence-electron chi connectivity index (χ3n) is 3.16. The summed E-state index contributed by atoms with van der Waals surface area (Å²) in [5.74, 6) is 0.700. The first kappa shape index (κ1) is 15.7. The number of rotatable bonds is 7. The van der Waals surface area contributed by atoms with Gasteiger partial charge in [-0.15, -0.1) is 0 Å². The molecular weight excluding hydrogens is 286 g/mol. The molecule has 0 aliphatic rings. The summed E-state index contributed by atoms with van der Waals surface area (Å²) >= 11 is 5.80. The number of benzene rings is 2. The average molecular weight is 306 g/mol. The summed E-state index contributed by atoms with van der Waals surface area (Å²) in [7, 11) is 0. The van der Waals surface area contributed by atoms with Crippen LogP contribution in [0.3, 0.4) is 0 Å². The molecule has 1 unspecified atom stereocenters. The largest absolute Gasteiger partial charge is 0.491 e. The van der Waals surface area contributed by atoms with E-state index in [9.17, 15) is 5.11 Å². The van der Waals surface area contributed by atoms with Crippen LogP contribution in [0.25, 0.3) is 0 Å². The molecule has 0 saturated carbocycles. The topological polar surface area (TPSA) is 41.5 Å². The molecule has 0 heterocycles. The minimum absolute atomic E-state index is 0.238. The Bertz CT molecular complexity index is 540. The van der Waals surface area contributed by atoms with E-state index in [1.807, 2.05) is 12.1 Å². The molecule has 21 heavy (non-hydrogen) atoms. The highest BCUT2D eigenvalue weighted by Crippen LogP contribution is 2.15. The normalized spacial score (nSPS) is 12.0. The quantitative estimate of drug-likeness (QED) is 0.818. The standard InChI is InChI=1S/C17H20ClNO2/c1-2-13-3-7-15(8-4-13)19-11-16(20)12-21-17-9-5-14(18)6-10-17/h3-10,16,19-20H,2,11-12H2,1H3. The molecule has 2 rings (SSSR count). The minimum atomic E-state index is -0.577. The van der Waals surface area contributed by atoms with Crippen molar-refractivity contribution in [3.63, 3.8) is 0 Å². The first-order valence-electron chi connectivity index (χ1n) is 7.06. The lowest BCUT2D eigenvalue weighted by atomic mass is 10.1. The molecule has 2 aromatic carbocycles. The summed E-state index contributed by atoms with van der Waals surface area (Å²) in [6.07, 6.45) is 0.448. The zero-order valence-corrected chi connectivity index (χ0v) is 12.8. The van der Waals surface area contributed by atoms with Crippen LogP contribution in [-0.4, -0.2) is 24.4 Å². The molecule has 0 saturated heterocycles. The van der Waals surface area contributed by atoms with Gasteiger partial charge < -0.3 is 15.2 Å². The third kappa shape index (κ3) is 5.29. The maximum absolute atomic E-state index is 9.91. The Morgan fingerprint density at radius 3 is 2.38 bits per heavy atom. The number of aryl methyl sites for hydroxylation is 1. The zero-order valence-electron chi connectivity index (χ0n) is 12.1. The third-order valence-corrected chi connectivity index (χ3v) is 3.41. The van der Waals surface area contributed by atoms with Crippen molar-refractivity contribution in [2.24, 2.45) is 0 Å². The lowest BCUT2D eigenvalue weighted by molar-refractivity contribution is 0.117. The molecule has 0 amide bonds. The van der Waals surface area contributed by atoms with Crippen LogP contribution in [-0.2, 0) is 6.42 Å². The summed E-state index contributed by atoms with van der Waals surface area (Å²) in [6.45, 7) is 2.81. The van der Waals surface area contributed by atoms with Crippen molar-refractivity contribution in [3.05, 3.63) is 59.1 Å². The second-order valence-electron chi connectivity index (χ2n) is 4.85. The van der Waals surface area contributed by atoms with Gasteiger partial charge >= 0.3 is 0 Å². The Hall–Kier alpha value is -1.71. The van der Waals surface area contributed by atoms with Gasteiger partial charge in [-0.05, 0) is 48.4 Å². The highest BCUT2D eigenvalue weighted by molar-refractivity contribution is 6.30. The number of anilines is 1. The number of hydrogen-bond donors (Lipinski definition) is 2. The molecule has 1 atom stereocenters. The SMILES string of the molecule is CCc1ccc(NCC(O)COc2ccc(Cl)cc2)cc1. The minimum Gasteiger partial charge on any atom is -0.491 e. The summed E-state index contributed by atoms with van der Waals surface area (Å²) in [5.41, 5.74) is 2.30. The fraction of sp³-hybridized carbons (Fsp3) is 0.294. The van der Waals surface area contributed by atoms with Gasteiger partial charge in [0.15, 0.2) is 0 Å². The monoisotopic (exact) mass is 305 g/mol. The molecule has 0 bridgehead atoms. The molecule has 0 fully saturated rings. The second-order valence-corrected chi connectivity index (χ2v) is 5.29. The van der Waals surface area contributed by atoms with Crippen LogP contribution >= 0.6 is 11.6 Å². The van der Waals surface area contributed by atoms with E-state index in [4.69, 9.17) is 16.3 Å². The van der Waals surface area contributed by atoms with E-state index in [0.29, 0.717) is 17.3 Å². The highest BCUT2D eigenvalue weighted by atomic mass is 35.5. The van der Waals surface area contributed by atoms with Crippen molar-refractivity contribution < 1.29 is 9.84 Å². The maximum atomic E-state index is 9.91. The van der Waals surface area contributed by atoms with Gasteiger partial charge in [-0.3, -0.25) is 0 Å². The fourth-order valence-electron chi connectivity index (χ4n) is 1.88. The van der Waals surface area contributed by atoms with E-state index in [2.05, 4.69) is 24.4 Å². The van der Waals surface area contributed by atoms with Crippen LogP contribution in [0, 0.1) is 0 Å².